The third-order valence-electron chi connectivity index (χ3n) is 4.46. The Morgan fingerprint density at radius 3 is 2.65 bits per heavy atom. The summed E-state index contributed by atoms with van der Waals surface area (Å²) < 4.78 is 5.39. The summed E-state index contributed by atoms with van der Waals surface area (Å²) in [5.74, 6) is 0.781. The van der Waals surface area contributed by atoms with Crippen molar-refractivity contribution in [3.63, 3.8) is 0 Å². The Balaban J connectivity index is 1.54. The van der Waals surface area contributed by atoms with Crippen molar-refractivity contribution < 1.29 is 9.21 Å². The molecule has 0 saturated heterocycles. The maximum Gasteiger partial charge on any atom is 0.253 e. The number of carbonyl (C=O) groups is 1. The minimum Gasteiger partial charge on any atom is -0.464 e. The van der Waals surface area contributed by atoms with E-state index in [-0.39, 0.29) is 5.91 Å². The number of nitrogens with zero attached hydrogens (tertiary/aromatic N) is 2. The van der Waals surface area contributed by atoms with E-state index in [2.05, 4.69) is 4.98 Å². The number of rotatable bonds is 4. The van der Waals surface area contributed by atoms with E-state index in [4.69, 9.17) is 4.42 Å². The van der Waals surface area contributed by atoms with Gasteiger partial charge in [-0.25, -0.2) is 0 Å². The van der Waals surface area contributed by atoms with Crippen LogP contribution in [-0.2, 0) is 6.54 Å². The Morgan fingerprint density at radius 2 is 1.88 bits per heavy atom. The van der Waals surface area contributed by atoms with Crippen molar-refractivity contribution in [2.75, 3.05) is 7.05 Å². The molecule has 0 atom stereocenters. The van der Waals surface area contributed by atoms with Gasteiger partial charge in [0.15, 0.2) is 0 Å². The Hall–Kier alpha value is -3.40. The number of pyridine rings is 1. The van der Waals surface area contributed by atoms with Gasteiger partial charge < -0.3 is 9.32 Å². The molecule has 128 valence electrons. The molecule has 0 unspecified atom stereocenters. The fourth-order valence-electron chi connectivity index (χ4n) is 3.10. The van der Waals surface area contributed by atoms with Gasteiger partial charge >= 0.3 is 0 Å². The minimum atomic E-state index is -0.0120. The number of amides is 1. The number of benzene rings is 2. The normalized spacial score (nSPS) is 10.8. The van der Waals surface area contributed by atoms with Crippen molar-refractivity contribution in [1.82, 2.24) is 9.88 Å². The molecule has 0 bridgehead atoms. The molecule has 0 radical (unpaired) electrons. The van der Waals surface area contributed by atoms with Crippen LogP contribution in [-0.4, -0.2) is 22.8 Å². The fraction of sp³-hybridized carbons (Fsp3) is 0.0909. The first-order chi connectivity index (χ1) is 12.7. The van der Waals surface area contributed by atoms with Gasteiger partial charge in [-0.05, 0) is 41.3 Å². The number of hydrogen-bond acceptors (Lipinski definition) is 3. The summed E-state index contributed by atoms with van der Waals surface area (Å²) in [6.45, 7) is 0.542. The maximum absolute atomic E-state index is 12.8. The van der Waals surface area contributed by atoms with E-state index in [1.807, 2.05) is 73.9 Å². The van der Waals surface area contributed by atoms with Crippen LogP contribution in [0.15, 0.2) is 83.7 Å². The Kier molecular flexibility index (Phi) is 4.23. The van der Waals surface area contributed by atoms with E-state index < -0.39 is 0 Å². The average molecular weight is 342 g/mol. The van der Waals surface area contributed by atoms with Crippen LogP contribution in [0, 0.1) is 0 Å². The molecular weight excluding hydrogens is 324 g/mol. The van der Waals surface area contributed by atoms with Crippen LogP contribution >= 0.6 is 0 Å². The summed E-state index contributed by atoms with van der Waals surface area (Å²) in [7, 11) is 1.82. The van der Waals surface area contributed by atoms with E-state index >= 15 is 0 Å². The molecule has 2 heterocycles. The Bertz CT molecular complexity index is 1030. The van der Waals surface area contributed by atoms with Gasteiger partial charge in [-0.2, -0.15) is 0 Å². The second-order valence-corrected chi connectivity index (χ2v) is 6.23. The van der Waals surface area contributed by atoms with Crippen LogP contribution in [0.4, 0.5) is 0 Å². The van der Waals surface area contributed by atoms with Crippen LogP contribution in [0.3, 0.4) is 0 Å². The van der Waals surface area contributed by atoms with Gasteiger partial charge in [0, 0.05) is 42.5 Å². The summed E-state index contributed by atoms with van der Waals surface area (Å²) in [5.41, 5.74) is 2.72. The number of fused-ring (bicyclic) bond motifs is 1. The summed E-state index contributed by atoms with van der Waals surface area (Å²) in [6.07, 6.45) is 5.26. The lowest BCUT2D eigenvalue weighted by atomic mass is 10.1. The van der Waals surface area contributed by atoms with Gasteiger partial charge in [0.1, 0.15) is 5.76 Å². The molecule has 4 aromatic rings. The van der Waals surface area contributed by atoms with Gasteiger partial charge in [-0.15, -0.1) is 0 Å². The summed E-state index contributed by atoms with van der Waals surface area (Å²) >= 11 is 0. The van der Waals surface area contributed by atoms with Crippen LogP contribution in [0.5, 0.6) is 0 Å². The Labute approximate surface area is 151 Å². The average Bonchev–Trinajstić information content (AvgIpc) is 3.23. The van der Waals surface area contributed by atoms with Crippen molar-refractivity contribution in [2.45, 2.75) is 6.54 Å². The number of carbonyl (C=O) groups excluding carboxylic acids is 1. The van der Waals surface area contributed by atoms with Gasteiger partial charge in [-0.1, -0.05) is 30.3 Å². The minimum absolute atomic E-state index is 0.0120. The van der Waals surface area contributed by atoms with Crippen LogP contribution in [0.25, 0.3) is 22.1 Å². The molecule has 0 N–H and O–H groups in total. The topological polar surface area (TPSA) is 46.3 Å². The van der Waals surface area contributed by atoms with Crippen LogP contribution in [0.2, 0.25) is 0 Å². The highest BCUT2D eigenvalue weighted by Crippen LogP contribution is 2.22. The highest BCUT2D eigenvalue weighted by Gasteiger charge is 2.13. The standard InChI is InChI=1S/C22H18N2O2/c1-24(15-19-5-2-4-18-14-23-12-11-20(18)19)22(25)17-9-7-16(8-10-17)21-6-3-13-26-21/h2-14H,15H2,1H3. The molecule has 0 aliphatic rings. The first-order valence-electron chi connectivity index (χ1n) is 8.43. The molecule has 0 spiro atoms. The van der Waals surface area contributed by atoms with Gasteiger partial charge in [-0.3, -0.25) is 9.78 Å². The molecule has 0 fully saturated rings. The van der Waals surface area contributed by atoms with Crippen LogP contribution in [0.1, 0.15) is 15.9 Å². The molecule has 1 amide bonds. The van der Waals surface area contributed by atoms with Gasteiger partial charge in [0.25, 0.3) is 5.91 Å². The van der Waals surface area contributed by atoms with Gasteiger partial charge in [0.05, 0.1) is 6.26 Å². The molecular formula is C22H18N2O2. The quantitative estimate of drug-likeness (QED) is 0.537. The zero-order chi connectivity index (χ0) is 17.9. The van der Waals surface area contributed by atoms with Crippen molar-refractivity contribution >= 4 is 16.7 Å². The largest absolute Gasteiger partial charge is 0.464 e. The summed E-state index contributed by atoms with van der Waals surface area (Å²) in [5, 5.41) is 2.20. The second-order valence-electron chi connectivity index (χ2n) is 6.23. The number of hydrogen-bond donors (Lipinski definition) is 0. The lowest BCUT2D eigenvalue weighted by Gasteiger charge is -2.18. The van der Waals surface area contributed by atoms with E-state index in [1.165, 1.54) is 0 Å². The predicted octanol–water partition coefficient (Wildman–Crippen LogP) is 4.77. The van der Waals surface area contributed by atoms with Crippen molar-refractivity contribution in [3.05, 3.63) is 90.4 Å². The molecule has 2 aromatic carbocycles. The first kappa shape index (κ1) is 16.1. The molecule has 4 rings (SSSR count). The second kappa shape index (κ2) is 6.84. The third kappa shape index (κ3) is 3.09. The molecule has 0 aliphatic carbocycles. The monoisotopic (exact) mass is 342 g/mol. The molecule has 0 saturated carbocycles. The molecule has 4 nitrogen and oxygen atoms in total. The van der Waals surface area contributed by atoms with E-state index in [0.717, 1.165) is 27.7 Å². The Morgan fingerprint density at radius 1 is 1.04 bits per heavy atom. The lowest BCUT2D eigenvalue weighted by molar-refractivity contribution is 0.0785. The molecule has 2 aromatic heterocycles. The fourth-order valence-corrected chi connectivity index (χ4v) is 3.10. The molecule has 0 aliphatic heterocycles. The zero-order valence-corrected chi connectivity index (χ0v) is 14.4. The van der Waals surface area contributed by atoms with Crippen molar-refractivity contribution in [3.8, 4) is 11.3 Å². The molecule has 4 heteroatoms. The zero-order valence-electron chi connectivity index (χ0n) is 14.4. The predicted molar refractivity (Wildman–Crippen MR) is 102 cm³/mol. The first-order valence-corrected chi connectivity index (χ1v) is 8.43. The number of furan rings is 1. The SMILES string of the molecule is CN(Cc1cccc2cnccc12)C(=O)c1ccc(-c2ccco2)cc1. The third-order valence-corrected chi connectivity index (χ3v) is 4.46. The van der Waals surface area contributed by atoms with E-state index in [9.17, 15) is 4.79 Å². The highest BCUT2D eigenvalue weighted by molar-refractivity contribution is 5.95. The lowest BCUT2D eigenvalue weighted by Crippen LogP contribution is -2.26. The van der Waals surface area contributed by atoms with Crippen molar-refractivity contribution in [2.24, 2.45) is 0 Å². The van der Waals surface area contributed by atoms with E-state index in [1.54, 1.807) is 17.4 Å². The number of aromatic nitrogens is 1. The van der Waals surface area contributed by atoms with Crippen LogP contribution < -0.4 is 0 Å². The smallest absolute Gasteiger partial charge is 0.253 e. The molecule has 26 heavy (non-hydrogen) atoms. The highest BCUT2D eigenvalue weighted by atomic mass is 16.3. The summed E-state index contributed by atoms with van der Waals surface area (Å²) in [6, 6.07) is 19.3. The van der Waals surface area contributed by atoms with E-state index in [0.29, 0.717) is 12.1 Å². The summed E-state index contributed by atoms with van der Waals surface area (Å²) in [4.78, 5) is 18.7. The van der Waals surface area contributed by atoms with Gasteiger partial charge in [0.2, 0.25) is 0 Å². The maximum atomic E-state index is 12.8. The van der Waals surface area contributed by atoms with Crippen molar-refractivity contribution in [1.29, 1.82) is 0 Å².